The SMILES string of the molecule is c1cc2c(cn1)-c1cc[nH]c1CC2. The fourth-order valence-electron chi connectivity index (χ4n) is 2.01. The lowest BCUT2D eigenvalue weighted by molar-refractivity contribution is 0.905. The Kier molecular flexibility index (Phi) is 1.30. The van der Waals surface area contributed by atoms with Crippen LogP contribution in [0.2, 0.25) is 0 Å². The van der Waals surface area contributed by atoms with Gasteiger partial charge in [-0.2, -0.15) is 0 Å². The largest absolute Gasteiger partial charge is 0.364 e. The van der Waals surface area contributed by atoms with Crippen LogP contribution in [0.15, 0.2) is 30.7 Å². The van der Waals surface area contributed by atoms with Gasteiger partial charge in [0.1, 0.15) is 0 Å². The molecule has 0 radical (unpaired) electrons. The zero-order valence-corrected chi connectivity index (χ0v) is 7.25. The lowest BCUT2D eigenvalue weighted by Gasteiger charge is -2.14. The van der Waals surface area contributed by atoms with E-state index >= 15 is 0 Å². The first kappa shape index (κ1) is 6.89. The van der Waals surface area contributed by atoms with E-state index in [0.717, 1.165) is 12.8 Å². The molecule has 64 valence electrons. The molecule has 2 heteroatoms. The van der Waals surface area contributed by atoms with Gasteiger partial charge in [0.15, 0.2) is 0 Å². The lowest BCUT2D eigenvalue weighted by Crippen LogP contribution is -2.02. The highest BCUT2D eigenvalue weighted by Crippen LogP contribution is 2.31. The average molecular weight is 170 g/mol. The van der Waals surface area contributed by atoms with Gasteiger partial charge in [-0.3, -0.25) is 4.98 Å². The van der Waals surface area contributed by atoms with E-state index in [1.165, 1.54) is 22.4 Å². The van der Waals surface area contributed by atoms with Gasteiger partial charge in [0.2, 0.25) is 0 Å². The molecule has 0 aromatic carbocycles. The van der Waals surface area contributed by atoms with Crippen LogP contribution in [0.25, 0.3) is 11.1 Å². The predicted octanol–water partition coefficient (Wildman–Crippen LogP) is 2.18. The van der Waals surface area contributed by atoms with Gasteiger partial charge in [0.25, 0.3) is 0 Å². The minimum absolute atomic E-state index is 1.12. The van der Waals surface area contributed by atoms with Crippen LogP contribution in [0, 0.1) is 0 Å². The predicted molar refractivity (Wildman–Crippen MR) is 51.4 cm³/mol. The molecule has 0 unspecified atom stereocenters. The topological polar surface area (TPSA) is 28.7 Å². The number of rotatable bonds is 0. The van der Waals surface area contributed by atoms with Gasteiger partial charge in [-0.25, -0.2) is 0 Å². The maximum atomic E-state index is 4.16. The molecule has 13 heavy (non-hydrogen) atoms. The Balaban J connectivity index is 2.30. The quantitative estimate of drug-likeness (QED) is 0.645. The Labute approximate surface area is 76.6 Å². The highest BCUT2D eigenvalue weighted by molar-refractivity contribution is 5.70. The summed E-state index contributed by atoms with van der Waals surface area (Å²) in [7, 11) is 0. The van der Waals surface area contributed by atoms with Gasteiger partial charge in [-0.05, 0) is 30.5 Å². The minimum Gasteiger partial charge on any atom is -0.364 e. The number of nitrogens with zero attached hydrogens (tertiary/aromatic N) is 1. The lowest BCUT2D eigenvalue weighted by atomic mass is 9.92. The van der Waals surface area contributed by atoms with Crippen molar-refractivity contribution in [3.63, 3.8) is 0 Å². The van der Waals surface area contributed by atoms with Crippen molar-refractivity contribution in [3.8, 4) is 11.1 Å². The van der Waals surface area contributed by atoms with Crippen LogP contribution in [-0.4, -0.2) is 9.97 Å². The number of H-pyrrole nitrogens is 1. The van der Waals surface area contributed by atoms with E-state index in [1.54, 1.807) is 0 Å². The van der Waals surface area contributed by atoms with Gasteiger partial charge >= 0.3 is 0 Å². The number of aromatic amines is 1. The van der Waals surface area contributed by atoms with Crippen molar-refractivity contribution in [1.29, 1.82) is 0 Å². The molecule has 2 aromatic heterocycles. The standard InChI is InChI=1S/C11H10N2/c1-2-11-9(4-6-13-11)10-7-12-5-3-8(1)10/h3-7,13H,1-2H2. The summed E-state index contributed by atoms with van der Waals surface area (Å²) >= 11 is 0. The van der Waals surface area contributed by atoms with E-state index in [1.807, 2.05) is 18.6 Å². The van der Waals surface area contributed by atoms with Crippen molar-refractivity contribution in [2.45, 2.75) is 12.8 Å². The summed E-state index contributed by atoms with van der Waals surface area (Å²) in [5.41, 5.74) is 5.39. The molecule has 2 aromatic rings. The number of pyridine rings is 1. The normalized spacial score (nSPS) is 13.5. The van der Waals surface area contributed by atoms with Crippen LogP contribution in [0.3, 0.4) is 0 Å². The molecule has 2 nitrogen and oxygen atoms in total. The van der Waals surface area contributed by atoms with Crippen LogP contribution < -0.4 is 0 Å². The van der Waals surface area contributed by atoms with Gasteiger partial charge in [0, 0.05) is 35.4 Å². The summed E-state index contributed by atoms with van der Waals surface area (Å²) in [6.07, 6.45) is 8.09. The third-order valence-electron chi connectivity index (χ3n) is 2.68. The van der Waals surface area contributed by atoms with E-state index in [2.05, 4.69) is 22.1 Å². The van der Waals surface area contributed by atoms with Crippen LogP contribution in [-0.2, 0) is 12.8 Å². The fraction of sp³-hybridized carbons (Fsp3) is 0.182. The second-order valence-electron chi connectivity index (χ2n) is 3.40. The molecule has 1 N–H and O–H groups in total. The number of aryl methyl sites for hydroxylation is 2. The number of aromatic nitrogens is 2. The van der Waals surface area contributed by atoms with Crippen molar-refractivity contribution < 1.29 is 0 Å². The Bertz CT molecular complexity index is 443. The molecule has 0 amide bonds. The first-order valence-corrected chi connectivity index (χ1v) is 4.54. The summed E-state index contributed by atoms with van der Waals surface area (Å²) in [6.45, 7) is 0. The molecular formula is C11H10N2. The molecule has 2 heterocycles. The summed E-state index contributed by atoms with van der Waals surface area (Å²) < 4.78 is 0. The molecule has 0 saturated heterocycles. The van der Waals surface area contributed by atoms with Gasteiger partial charge in [-0.15, -0.1) is 0 Å². The molecule has 0 spiro atoms. The third kappa shape index (κ3) is 0.917. The van der Waals surface area contributed by atoms with Crippen LogP contribution in [0.1, 0.15) is 11.3 Å². The van der Waals surface area contributed by atoms with Crippen molar-refractivity contribution in [1.82, 2.24) is 9.97 Å². The van der Waals surface area contributed by atoms with E-state index in [9.17, 15) is 0 Å². The number of fused-ring (bicyclic) bond motifs is 3. The van der Waals surface area contributed by atoms with E-state index < -0.39 is 0 Å². The summed E-state index contributed by atoms with van der Waals surface area (Å²) in [6, 6.07) is 4.25. The number of hydrogen-bond donors (Lipinski definition) is 1. The number of nitrogens with one attached hydrogen (secondary N) is 1. The Morgan fingerprint density at radius 2 is 2.15 bits per heavy atom. The van der Waals surface area contributed by atoms with Gasteiger partial charge in [-0.1, -0.05) is 0 Å². The molecule has 0 atom stereocenters. The smallest absolute Gasteiger partial charge is 0.0349 e. The Hall–Kier alpha value is -1.57. The molecule has 3 rings (SSSR count). The molecule has 1 aliphatic carbocycles. The van der Waals surface area contributed by atoms with Crippen LogP contribution in [0.5, 0.6) is 0 Å². The van der Waals surface area contributed by atoms with E-state index in [4.69, 9.17) is 0 Å². The molecular weight excluding hydrogens is 160 g/mol. The first-order chi connectivity index (χ1) is 6.45. The van der Waals surface area contributed by atoms with E-state index in [0.29, 0.717) is 0 Å². The summed E-state index contributed by atoms with van der Waals surface area (Å²) in [5.74, 6) is 0. The molecule has 1 aliphatic rings. The fourth-order valence-corrected chi connectivity index (χ4v) is 2.01. The molecule has 0 bridgehead atoms. The summed E-state index contributed by atoms with van der Waals surface area (Å²) in [4.78, 5) is 7.43. The minimum atomic E-state index is 1.12. The highest BCUT2D eigenvalue weighted by Gasteiger charge is 2.15. The van der Waals surface area contributed by atoms with Crippen LogP contribution in [0.4, 0.5) is 0 Å². The zero-order valence-electron chi connectivity index (χ0n) is 7.25. The monoisotopic (exact) mass is 170 g/mol. The number of hydrogen-bond acceptors (Lipinski definition) is 1. The summed E-state index contributed by atoms with van der Waals surface area (Å²) in [5, 5.41) is 0. The second-order valence-corrected chi connectivity index (χ2v) is 3.40. The van der Waals surface area contributed by atoms with Gasteiger partial charge in [0.05, 0.1) is 0 Å². The molecule has 0 saturated carbocycles. The highest BCUT2D eigenvalue weighted by atomic mass is 14.7. The van der Waals surface area contributed by atoms with Gasteiger partial charge < -0.3 is 4.98 Å². The van der Waals surface area contributed by atoms with E-state index in [-0.39, 0.29) is 0 Å². The second kappa shape index (κ2) is 2.46. The maximum absolute atomic E-state index is 4.16. The van der Waals surface area contributed by atoms with Crippen molar-refractivity contribution in [3.05, 3.63) is 42.0 Å². The third-order valence-corrected chi connectivity index (χ3v) is 2.68. The zero-order chi connectivity index (χ0) is 8.67. The average Bonchev–Trinajstić information content (AvgIpc) is 2.65. The molecule has 0 aliphatic heterocycles. The Morgan fingerprint density at radius 3 is 3.15 bits per heavy atom. The maximum Gasteiger partial charge on any atom is 0.0349 e. The Morgan fingerprint density at radius 1 is 1.15 bits per heavy atom. The van der Waals surface area contributed by atoms with Crippen molar-refractivity contribution in [2.24, 2.45) is 0 Å². The van der Waals surface area contributed by atoms with Crippen LogP contribution >= 0.6 is 0 Å². The first-order valence-electron chi connectivity index (χ1n) is 4.54. The molecule has 0 fully saturated rings. The van der Waals surface area contributed by atoms with Crippen molar-refractivity contribution >= 4 is 0 Å². The van der Waals surface area contributed by atoms with Crippen molar-refractivity contribution in [2.75, 3.05) is 0 Å².